The van der Waals surface area contributed by atoms with Crippen LogP contribution in [0.15, 0.2) is 70.3 Å². The van der Waals surface area contributed by atoms with Crippen LogP contribution < -0.4 is 10.9 Å². The normalized spacial score (nSPS) is 12.5. The maximum Gasteiger partial charge on any atom is 0.234 e. The van der Waals surface area contributed by atoms with Gasteiger partial charge in [0, 0.05) is 21.7 Å². The molecule has 0 spiro atoms. The van der Waals surface area contributed by atoms with Crippen molar-refractivity contribution in [2.75, 3.05) is 0 Å². The molecule has 2 heteroatoms. The lowest BCUT2D eigenvalue weighted by Crippen LogP contribution is -2.25. The number of hydrogen-bond donors (Lipinski definition) is 0. The van der Waals surface area contributed by atoms with Crippen molar-refractivity contribution in [2.24, 2.45) is 0 Å². The first-order valence-corrected chi connectivity index (χ1v) is 7.97. The Labute approximate surface area is 136 Å². The van der Waals surface area contributed by atoms with Crippen molar-refractivity contribution >= 4 is 32.3 Å². The van der Waals surface area contributed by atoms with Crippen molar-refractivity contribution in [2.45, 2.75) is 0 Å². The number of benzene rings is 5. The van der Waals surface area contributed by atoms with Gasteiger partial charge < -0.3 is 0 Å². The van der Waals surface area contributed by atoms with Gasteiger partial charge in [0.15, 0.2) is 0 Å². The zero-order valence-corrected chi connectivity index (χ0v) is 12.6. The molecule has 0 radical (unpaired) electrons. The monoisotopic (exact) mass is 306 g/mol. The molecule has 1 aliphatic rings. The molecule has 0 aliphatic heterocycles. The van der Waals surface area contributed by atoms with E-state index >= 15 is 0 Å². The van der Waals surface area contributed by atoms with Crippen LogP contribution in [0.4, 0.5) is 0 Å². The Kier molecular flexibility index (Phi) is 1.93. The lowest BCUT2D eigenvalue weighted by Gasteiger charge is -2.11. The summed E-state index contributed by atoms with van der Waals surface area (Å²) in [5, 5.41) is 5.72. The van der Waals surface area contributed by atoms with Gasteiger partial charge in [-0.1, -0.05) is 48.5 Å². The lowest BCUT2D eigenvalue weighted by molar-refractivity contribution is 1.56. The van der Waals surface area contributed by atoms with Gasteiger partial charge in [-0.3, -0.25) is 9.59 Å². The van der Waals surface area contributed by atoms with Crippen LogP contribution >= 0.6 is 0 Å². The fraction of sp³-hybridized carbons (Fsp3) is 0. The van der Waals surface area contributed by atoms with E-state index in [1.54, 1.807) is 6.07 Å². The van der Waals surface area contributed by atoms with Gasteiger partial charge in [0.1, 0.15) is 0 Å². The molecular formula is C22H10O2. The molecule has 24 heavy (non-hydrogen) atoms. The minimum Gasteiger partial charge on any atom is -0.285 e. The van der Waals surface area contributed by atoms with E-state index < -0.39 is 5.43 Å². The molecule has 0 atom stereocenters. The van der Waals surface area contributed by atoms with Crippen LogP contribution in [0.5, 0.6) is 0 Å². The van der Waals surface area contributed by atoms with Crippen LogP contribution in [-0.4, -0.2) is 0 Å². The average Bonchev–Trinajstić information content (AvgIpc) is 2.95. The van der Waals surface area contributed by atoms with Crippen molar-refractivity contribution < 1.29 is 0 Å². The summed E-state index contributed by atoms with van der Waals surface area (Å²) in [6.45, 7) is 0. The van der Waals surface area contributed by atoms with E-state index in [0.29, 0.717) is 10.9 Å². The number of rotatable bonds is 0. The standard InChI is InChI=1S/C22H10O2/c23-21-15-9-8-11-4-3-5-12-10-16-13-6-1-2-7-14(13)20(22(21)24)19(16)18(15)17(11)12/h1-10H. The van der Waals surface area contributed by atoms with Crippen LogP contribution in [-0.2, 0) is 0 Å². The lowest BCUT2D eigenvalue weighted by atomic mass is 9.90. The second-order valence-electron chi connectivity index (χ2n) is 6.45. The molecule has 0 fully saturated rings. The van der Waals surface area contributed by atoms with Crippen LogP contribution in [0.2, 0.25) is 0 Å². The van der Waals surface area contributed by atoms with Crippen LogP contribution in [0.3, 0.4) is 0 Å². The van der Waals surface area contributed by atoms with Gasteiger partial charge in [0.05, 0.1) is 0 Å². The van der Waals surface area contributed by atoms with Gasteiger partial charge in [0.2, 0.25) is 10.9 Å². The molecular weight excluding hydrogens is 296 g/mol. The molecule has 0 saturated heterocycles. The largest absolute Gasteiger partial charge is 0.285 e. The Morgan fingerprint density at radius 3 is 2.21 bits per heavy atom. The minimum absolute atomic E-state index is 0.382. The third-order valence-corrected chi connectivity index (χ3v) is 5.31. The number of fused-ring (bicyclic) bond motifs is 3. The Morgan fingerprint density at radius 2 is 1.33 bits per heavy atom. The van der Waals surface area contributed by atoms with Gasteiger partial charge in [-0.25, -0.2) is 0 Å². The van der Waals surface area contributed by atoms with E-state index in [9.17, 15) is 9.59 Å². The summed E-state index contributed by atoms with van der Waals surface area (Å²) in [5.74, 6) is 0. The van der Waals surface area contributed by atoms with E-state index in [1.165, 1.54) is 0 Å². The predicted molar refractivity (Wildman–Crippen MR) is 98.3 cm³/mol. The molecule has 6 rings (SSSR count). The van der Waals surface area contributed by atoms with Gasteiger partial charge in [0.25, 0.3) is 0 Å². The smallest absolute Gasteiger partial charge is 0.234 e. The molecule has 0 saturated carbocycles. The molecule has 0 bridgehead atoms. The summed E-state index contributed by atoms with van der Waals surface area (Å²) < 4.78 is 0. The maximum atomic E-state index is 12.8. The summed E-state index contributed by atoms with van der Waals surface area (Å²) in [6, 6.07) is 19.9. The van der Waals surface area contributed by atoms with Gasteiger partial charge in [-0.15, -0.1) is 0 Å². The Bertz CT molecular complexity index is 1430. The molecule has 1 aliphatic carbocycles. The molecule has 0 N–H and O–H groups in total. The Balaban J connectivity index is 2.11. The minimum atomic E-state index is -0.390. The molecule has 5 aromatic carbocycles. The van der Waals surface area contributed by atoms with Gasteiger partial charge in [-0.05, 0) is 45.0 Å². The van der Waals surface area contributed by atoms with Crippen LogP contribution in [0.1, 0.15) is 0 Å². The second kappa shape index (κ2) is 3.80. The highest BCUT2D eigenvalue weighted by molar-refractivity contribution is 6.31. The third-order valence-electron chi connectivity index (χ3n) is 5.31. The first kappa shape index (κ1) is 12.2. The number of hydrogen-bond acceptors (Lipinski definition) is 2. The third kappa shape index (κ3) is 1.18. The van der Waals surface area contributed by atoms with Crippen LogP contribution in [0, 0.1) is 0 Å². The average molecular weight is 306 g/mol. The fourth-order valence-electron chi connectivity index (χ4n) is 4.35. The van der Waals surface area contributed by atoms with Gasteiger partial charge >= 0.3 is 0 Å². The van der Waals surface area contributed by atoms with E-state index in [2.05, 4.69) is 18.2 Å². The highest BCUT2D eigenvalue weighted by Crippen LogP contribution is 2.49. The molecule has 0 heterocycles. The van der Waals surface area contributed by atoms with E-state index in [0.717, 1.165) is 43.6 Å². The van der Waals surface area contributed by atoms with E-state index in [1.807, 2.05) is 36.4 Å². The summed E-state index contributed by atoms with van der Waals surface area (Å²) in [6.07, 6.45) is 0. The SMILES string of the molecule is O=c1c2c3c(cc4cccc5ccc(c1=O)c3c54)-c1ccccc1-2. The van der Waals surface area contributed by atoms with E-state index in [-0.39, 0.29) is 5.43 Å². The maximum absolute atomic E-state index is 12.8. The van der Waals surface area contributed by atoms with Crippen molar-refractivity contribution in [1.82, 2.24) is 0 Å². The van der Waals surface area contributed by atoms with E-state index in [4.69, 9.17) is 0 Å². The van der Waals surface area contributed by atoms with Crippen LogP contribution in [0.25, 0.3) is 54.6 Å². The molecule has 0 aromatic heterocycles. The van der Waals surface area contributed by atoms with Gasteiger partial charge in [-0.2, -0.15) is 0 Å². The Hall–Kier alpha value is -3.26. The molecule has 2 nitrogen and oxygen atoms in total. The molecule has 0 unspecified atom stereocenters. The second-order valence-corrected chi connectivity index (χ2v) is 6.45. The first-order valence-electron chi connectivity index (χ1n) is 7.97. The fourth-order valence-corrected chi connectivity index (χ4v) is 4.35. The molecule has 0 amide bonds. The quantitative estimate of drug-likeness (QED) is 0.308. The summed E-state index contributed by atoms with van der Waals surface area (Å²) in [7, 11) is 0. The summed E-state index contributed by atoms with van der Waals surface area (Å²) in [5.41, 5.74) is 2.80. The van der Waals surface area contributed by atoms with Crippen molar-refractivity contribution in [1.29, 1.82) is 0 Å². The first-order chi connectivity index (χ1) is 11.8. The molecule has 5 aromatic rings. The predicted octanol–water partition coefficient (Wildman–Crippen LogP) is 4.39. The van der Waals surface area contributed by atoms with Crippen molar-refractivity contribution in [3.8, 4) is 22.3 Å². The topological polar surface area (TPSA) is 34.1 Å². The van der Waals surface area contributed by atoms with Crippen molar-refractivity contribution in [3.63, 3.8) is 0 Å². The summed E-state index contributed by atoms with van der Waals surface area (Å²) in [4.78, 5) is 25.5. The molecule has 110 valence electrons. The Morgan fingerprint density at radius 1 is 0.542 bits per heavy atom. The highest BCUT2D eigenvalue weighted by Gasteiger charge is 2.28. The summed E-state index contributed by atoms with van der Waals surface area (Å²) >= 11 is 0. The zero-order valence-electron chi connectivity index (χ0n) is 12.6. The van der Waals surface area contributed by atoms with Crippen molar-refractivity contribution in [3.05, 3.63) is 81.1 Å². The highest BCUT2D eigenvalue weighted by atomic mass is 16.2. The zero-order chi connectivity index (χ0) is 16.0.